The highest BCUT2D eigenvalue weighted by atomic mass is 35.5. The van der Waals surface area contributed by atoms with E-state index in [9.17, 15) is 0 Å². The Morgan fingerprint density at radius 2 is 2.13 bits per heavy atom. The second kappa shape index (κ2) is 5.83. The maximum atomic E-state index is 7.24. The molecule has 0 saturated carbocycles. The lowest BCUT2D eigenvalue weighted by Crippen LogP contribution is -2.06. The van der Waals surface area contributed by atoms with Crippen molar-refractivity contribution in [3.05, 3.63) is 28.2 Å². The molecule has 0 saturated heterocycles. The van der Waals surface area contributed by atoms with Gasteiger partial charge in [0.15, 0.2) is 5.90 Å². The van der Waals surface area contributed by atoms with Crippen molar-refractivity contribution in [2.75, 3.05) is 13.7 Å². The lowest BCUT2D eigenvalue weighted by atomic mass is 10.3. The predicted molar refractivity (Wildman–Crippen MR) is 61.3 cm³/mol. The van der Waals surface area contributed by atoms with Crippen LogP contribution in [0.1, 0.15) is 6.42 Å². The van der Waals surface area contributed by atoms with Crippen molar-refractivity contribution in [1.29, 1.82) is 5.41 Å². The number of hydrogen-bond acceptors (Lipinski definition) is 3. The van der Waals surface area contributed by atoms with Crippen LogP contribution in [0, 0.1) is 5.41 Å². The monoisotopic (exact) mass is 247 g/mol. The molecule has 1 aromatic rings. The maximum Gasteiger partial charge on any atom is 0.183 e. The molecule has 0 heterocycles. The van der Waals surface area contributed by atoms with Gasteiger partial charge in [-0.2, -0.15) is 0 Å². The van der Waals surface area contributed by atoms with Crippen LogP contribution in [-0.2, 0) is 4.74 Å². The van der Waals surface area contributed by atoms with Gasteiger partial charge in [0.1, 0.15) is 5.75 Å². The van der Waals surface area contributed by atoms with Gasteiger partial charge in [0.25, 0.3) is 0 Å². The van der Waals surface area contributed by atoms with Crippen molar-refractivity contribution in [1.82, 2.24) is 0 Å². The zero-order valence-electron chi connectivity index (χ0n) is 8.22. The van der Waals surface area contributed by atoms with Gasteiger partial charge in [-0.05, 0) is 12.1 Å². The average molecular weight is 248 g/mol. The molecule has 0 aliphatic carbocycles. The molecule has 5 heteroatoms. The molecule has 1 rings (SSSR count). The van der Waals surface area contributed by atoms with Crippen molar-refractivity contribution >= 4 is 29.1 Å². The third kappa shape index (κ3) is 3.98. The van der Waals surface area contributed by atoms with E-state index in [0.29, 0.717) is 28.8 Å². The number of benzene rings is 1. The molecule has 1 N–H and O–H groups in total. The molecule has 0 spiro atoms. The summed E-state index contributed by atoms with van der Waals surface area (Å²) in [5.41, 5.74) is 0. The van der Waals surface area contributed by atoms with Crippen molar-refractivity contribution in [3.63, 3.8) is 0 Å². The summed E-state index contributed by atoms with van der Waals surface area (Å²) < 4.78 is 10.0. The van der Waals surface area contributed by atoms with Crippen LogP contribution in [0.25, 0.3) is 0 Å². The second-order valence-electron chi connectivity index (χ2n) is 2.80. The van der Waals surface area contributed by atoms with E-state index in [0.717, 1.165) is 0 Å². The third-order valence-electron chi connectivity index (χ3n) is 1.73. The van der Waals surface area contributed by atoms with E-state index < -0.39 is 0 Å². The van der Waals surface area contributed by atoms with E-state index in [1.165, 1.54) is 7.11 Å². The summed E-state index contributed by atoms with van der Waals surface area (Å²) in [6, 6.07) is 5.00. The largest absolute Gasteiger partial charge is 0.491 e. The molecule has 0 radical (unpaired) electrons. The Hall–Kier alpha value is -0.930. The Morgan fingerprint density at radius 1 is 1.40 bits per heavy atom. The molecule has 0 unspecified atom stereocenters. The molecule has 0 atom stereocenters. The second-order valence-corrected chi connectivity index (χ2v) is 3.64. The Kier molecular flexibility index (Phi) is 4.72. The summed E-state index contributed by atoms with van der Waals surface area (Å²) in [6.45, 7) is 0.340. The van der Waals surface area contributed by atoms with Gasteiger partial charge in [-0.15, -0.1) is 0 Å². The fourth-order valence-electron chi connectivity index (χ4n) is 0.944. The molecule has 82 valence electrons. The highest BCUT2D eigenvalue weighted by Crippen LogP contribution is 2.27. The molecule has 1 aromatic carbocycles. The van der Waals surface area contributed by atoms with E-state index in [4.69, 9.17) is 33.3 Å². The van der Waals surface area contributed by atoms with Crippen LogP contribution in [-0.4, -0.2) is 19.6 Å². The Bertz CT molecular complexity index is 355. The standard InChI is InChI=1S/C10H11Cl2NO2/c1-14-10(13)4-5-15-9-6-7(11)2-3-8(9)12/h2-3,6,13H,4-5H2,1H3. The van der Waals surface area contributed by atoms with Crippen LogP contribution in [0.2, 0.25) is 10.0 Å². The molecule has 0 aliphatic heterocycles. The molecule has 3 nitrogen and oxygen atoms in total. The highest BCUT2D eigenvalue weighted by Gasteiger charge is 2.03. The van der Waals surface area contributed by atoms with Crippen molar-refractivity contribution in [3.8, 4) is 5.75 Å². The number of nitrogens with one attached hydrogen (secondary N) is 1. The normalized spacial score (nSPS) is 9.80. The summed E-state index contributed by atoms with van der Waals surface area (Å²) in [7, 11) is 1.45. The van der Waals surface area contributed by atoms with Gasteiger partial charge in [0.2, 0.25) is 0 Å². The van der Waals surface area contributed by atoms with E-state index in [2.05, 4.69) is 4.74 Å². The molecular weight excluding hydrogens is 237 g/mol. The van der Waals surface area contributed by atoms with Gasteiger partial charge in [0.05, 0.1) is 25.2 Å². The van der Waals surface area contributed by atoms with Crippen LogP contribution in [0.4, 0.5) is 0 Å². The lowest BCUT2D eigenvalue weighted by molar-refractivity contribution is 0.307. The van der Waals surface area contributed by atoms with Gasteiger partial charge in [-0.25, -0.2) is 0 Å². The first kappa shape index (κ1) is 12.1. The van der Waals surface area contributed by atoms with Crippen LogP contribution in [0.15, 0.2) is 18.2 Å². The van der Waals surface area contributed by atoms with Crippen molar-refractivity contribution in [2.24, 2.45) is 0 Å². The summed E-state index contributed by atoms with van der Waals surface area (Å²) >= 11 is 11.7. The zero-order valence-corrected chi connectivity index (χ0v) is 9.73. The number of rotatable bonds is 4. The SMILES string of the molecule is COC(=N)CCOc1cc(Cl)ccc1Cl. The third-order valence-corrected chi connectivity index (χ3v) is 2.27. The Balaban J connectivity index is 2.50. The average Bonchev–Trinajstić information content (AvgIpc) is 2.23. The fourth-order valence-corrected chi connectivity index (χ4v) is 1.28. The molecule has 0 aromatic heterocycles. The summed E-state index contributed by atoms with van der Waals surface area (Å²) in [5.74, 6) is 0.696. The van der Waals surface area contributed by atoms with E-state index in [-0.39, 0.29) is 5.90 Å². The number of halogens is 2. The van der Waals surface area contributed by atoms with Crippen LogP contribution < -0.4 is 4.74 Å². The highest BCUT2D eigenvalue weighted by molar-refractivity contribution is 6.34. The number of methoxy groups -OCH3 is 1. The zero-order chi connectivity index (χ0) is 11.3. The number of ether oxygens (including phenoxy) is 2. The minimum atomic E-state index is 0.174. The van der Waals surface area contributed by atoms with E-state index in [1.54, 1.807) is 18.2 Å². The molecule has 0 bridgehead atoms. The minimum absolute atomic E-state index is 0.174. The van der Waals surface area contributed by atoms with Gasteiger partial charge < -0.3 is 9.47 Å². The van der Waals surface area contributed by atoms with Gasteiger partial charge in [-0.3, -0.25) is 5.41 Å². The predicted octanol–water partition coefficient (Wildman–Crippen LogP) is 3.39. The van der Waals surface area contributed by atoms with Gasteiger partial charge >= 0.3 is 0 Å². The Labute approximate surface area is 98.4 Å². The van der Waals surface area contributed by atoms with Gasteiger partial charge in [0, 0.05) is 11.1 Å². The first-order valence-corrected chi connectivity index (χ1v) is 5.08. The van der Waals surface area contributed by atoms with Crippen LogP contribution in [0.3, 0.4) is 0 Å². The van der Waals surface area contributed by atoms with Crippen molar-refractivity contribution < 1.29 is 9.47 Å². The maximum absolute atomic E-state index is 7.24. The van der Waals surface area contributed by atoms with E-state index >= 15 is 0 Å². The van der Waals surface area contributed by atoms with Crippen LogP contribution >= 0.6 is 23.2 Å². The molecule has 0 amide bonds. The summed E-state index contributed by atoms with van der Waals surface area (Å²) in [5, 5.41) is 8.31. The summed E-state index contributed by atoms with van der Waals surface area (Å²) in [4.78, 5) is 0. The smallest absolute Gasteiger partial charge is 0.183 e. The molecular formula is C10H11Cl2NO2. The Morgan fingerprint density at radius 3 is 2.80 bits per heavy atom. The molecule has 15 heavy (non-hydrogen) atoms. The number of hydrogen-bond donors (Lipinski definition) is 1. The van der Waals surface area contributed by atoms with E-state index in [1.807, 2.05) is 0 Å². The van der Waals surface area contributed by atoms with Crippen LogP contribution in [0.5, 0.6) is 5.75 Å². The summed E-state index contributed by atoms with van der Waals surface area (Å²) in [6.07, 6.45) is 0.402. The molecule has 0 fully saturated rings. The van der Waals surface area contributed by atoms with Gasteiger partial charge in [-0.1, -0.05) is 23.2 Å². The quantitative estimate of drug-likeness (QED) is 0.655. The first-order valence-electron chi connectivity index (χ1n) is 4.32. The first-order chi connectivity index (χ1) is 7.13. The van der Waals surface area contributed by atoms with Crippen molar-refractivity contribution in [2.45, 2.75) is 6.42 Å². The lowest BCUT2D eigenvalue weighted by Gasteiger charge is -2.08. The fraction of sp³-hybridized carbons (Fsp3) is 0.300. The minimum Gasteiger partial charge on any atom is -0.491 e. The topological polar surface area (TPSA) is 42.3 Å². The molecule has 0 aliphatic rings.